The molecule has 0 radical (unpaired) electrons. The van der Waals surface area contributed by atoms with Gasteiger partial charge in [-0.2, -0.15) is 16.8 Å². The molecule has 0 aliphatic carbocycles. The Morgan fingerprint density at radius 2 is 1.30 bits per heavy atom. The van der Waals surface area contributed by atoms with E-state index < -0.39 is 25.1 Å². The van der Waals surface area contributed by atoms with Crippen LogP contribution in [-0.2, 0) is 34.6 Å². The van der Waals surface area contributed by atoms with Crippen LogP contribution in [0.4, 0.5) is 22.7 Å². The molecule has 3 aromatic rings. The molecule has 1 unspecified atom stereocenters. The normalized spacial score (nSPS) is 10.9. The van der Waals surface area contributed by atoms with Gasteiger partial charge >= 0.3 is 0 Å². The fourth-order valence-electron chi connectivity index (χ4n) is 3.49. The van der Waals surface area contributed by atoms with Crippen molar-refractivity contribution in [2.75, 3.05) is 36.4 Å². The maximum atomic E-state index is 11.2. The van der Waals surface area contributed by atoms with Crippen LogP contribution in [0.3, 0.4) is 0 Å². The highest BCUT2D eigenvalue weighted by molar-refractivity contribution is 7.86. The molecule has 8 N–H and O–H groups in total. The van der Waals surface area contributed by atoms with Crippen molar-refractivity contribution in [1.29, 1.82) is 0 Å². The summed E-state index contributed by atoms with van der Waals surface area (Å²) in [5.74, 6) is 0.720. The second-order valence-corrected chi connectivity index (χ2v) is 15.1. The number of carbonyl (C=O) groups excluding carboxylic acids is 3. The van der Waals surface area contributed by atoms with E-state index in [4.69, 9.17) is 20.6 Å². The lowest BCUT2D eigenvalue weighted by atomic mass is 9.99. The number of hydrogen-bond acceptors (Lipinski definition) is 11. The summed E-state index contributed by atoms with van der Waals surface area (Å²) in [6.45, 7) is 12.6. The van der Waals surface area contributed by atoms with Crippen LogP contribution in [-0.4, -0.2) is 62.9 Å². The molecule has 1 atom stereocenters. The number of nitrogen functional groups attached to an aromatic ring is 2. The van der Waals surface area contributed by atoms with Gasteiger partial charge in [0.2, 0.25) is 5.91 Å². The predicted molar refractivity (Wildman–Crippen MR) is 218 cm³/mol. The van der Waals surface area contributed by atoms with Crippen molar-refractivity contribution in [1.82, 2.24) is 4.90 Å². The Bertz CT molecular complexity index is 1710. The number of nitrogens with one attached hydrogen (secondary N) is 2. The van der Waals surface area contributed by atoms with Gasteiger partial charge in [0.1, 0.15) is 17.0 Å². The number of anilines is 4. The average Bonchev–Trinajstić information content (AvgIpc) is 3.13. The van der Waals surface area contributed by atoms with Gasteiger partial charge in [0, 0.05) is 45.0 Å². The summed E-state index contributed by atoms with van der Waals surface area (Å²) in [4.78, 5) is 32.3. The summed E-state index contributed by atoms with van der Waals surface area (Å²) in [6.07, 6.45) is 8.01. The number of aldehydes is 1. The Morgan fingerprint density at radius 3 is 1.70 bits per heavy atom. The van der Waals surface area contributed by atoms with Crippen molar-refractivity contribution in [3.8, 4) is 0 Å². The molecule has 54 heavy (non-hydrogen) atoms. The zero-order valence-corrected chi connectivity index (χ0v) is 34.5. The second-order valence-electron chi connectivity index (χ2n) is 12.3. The Morgan fingerprint density at radius 1 is 0.778 bits per heavy atom. The lowest BCUT2D eigenvalue weighted by Gasteiger charge is -2.11. The fraction of sp³-hybridized carbons (Fsp3) is 0.447. The maximum Gasteiger partial charge on any atom is 0.296 e. The first-order valence-electron chi connectivity index (χ1n) is 17.6. The number of aryl methyl sites for hydroxylation is 1. The van der Waals surface area contributed by atoms with Crippen LogP contribution in [0.25, 0.3) is 0 Å². The number of rotatable bonds is 14. The van der Waals surface area contributed by atoms with Crippen LogP contribution in [0.2, 0.25) is 0 Å². The first-order chi connectivity index (χ1) is 25.2. The molecule has 304 valence electrons. The predicted octanol–water partition coefficient (Wildman–Crippen LogP) is 7.43. The van der Waals surface area contributed by atoms with Crippen LogP contribution in [0, 0.1) is 12.8 Å². The SMILES string of the molecule is CCCC.CCCCC(=O)C(C)CC.CN(C)C(=O)CCC=O.Cc1ccc(N)cc1.Nc1ccc(NNc2ccc(S(=O)(=O)O)cc2)cc1S(=O)(=O)O. The summed E-state index contributed by atoms with van der Waals surface area (Å²) < 4.78 is 62.1. The number of carbonyl (C=O) groups is 3. The van der Waals surface area contributed by atoms with E-state index in [9.17, 15) is 31.2 Å². The van der Waals surface area contributed by atoms with Gasteiger partial charge in [-0.3, -0.25) is 18.7 Å². The number of Topliss-reactive ketones (excluding diaryl/α,β-unsaturated/α-hetero) is 1. The fourth-order valence-corrected chi connectivity index (χ4v) is 4.61. The summed E-state index contributed by atoms with van der Waals surface area (Å²) >= 11 is 0. The van der Waals surface area contributed by atoms with Gasteiger partial charge in [-0.1, -0.05) is 71.6 Å². The second kappa shape index (κ2) is 28.0. The number of benzene rings is 3. The molecule has 0 bridgehead atoms. The van der Waals surface area contributed by atoms with E-state index >= 15 is 0 Å². The van der Waals surface area contributed by atoms with Gasteiger partial charge in [0.05, 0.1) is 22.0 Å². The van der Waals surface area contributed by atoms with Crippen LogP contribution in [0.5, 0.6) is 0 Å². The molecule has 0 spiro atoms. The minimum absolute atomic E-state index is 0.00194. The molecule has 0 aromatic heterocycles. The highest BCUT2D eigenvalue weighted by Gasteiger charge is 2.14. The van der Waals surface area contributed by atoms with Crippen molar-refractivity contribution in [2.45, 2.75) is 103 Å². The molecule has 14 nitrogen and oxygen atoms in total. The molecule has 0 aliphatic heterocycles. The molecule has 3 aromatic carbocycles. The smallest absolute Gasteiger partial charge is 0.296 e. The van der Waals surface area contributed by atoms with E-state index in [0.717, 1.165) is 43.7 Å². The monoisotopic (exact) mass is 795 g/mol. The number of nitrogens with zero attached hydrogens (tertiary/aromatic N) is 1. The van der Waals surface area contributed by atoms with Gasteiger partial charge in [0.15, 0.2) is 0 Å². The van der Waals surface area contributed by atoms with Crippen molar-refractivity contribution >= 4 is 61.0 Å². The van der Waals surface area contributed by atoms with Crippen LogP contribution in [0.15, 0.2) is 76.5 Å². The molecule has 0 saturated heterocycles. The number of unbranched alkanes of at least 4 members (excludes halogenated alkanes) is 2. The highest BCUT2D eigenvalue weighted by Crippen LogP contribution is 2.23. The summed E-state index contributed by atoms with van der Waals surface area (Å²) in [6, 6.07) is 16.8. The summed E-state index contributed by atoms with van der Waals surface area (Å²) in [7, 11) is -5.37. The first kappa shape index (κ1) is 51.6. The van der Waals surface area contributed by atoms with Crippen LogP contribution >= 0.6 is 0 Å². The van der Waals surface area contributed by atoms with Gasteiger partial charge < -0.3 is 32.0 Å². The highest BCUT2D eigenvalue weighted by atomic mass is 32.2. The van der Waals surface area contributed by atoms with Crippen molar-refractivity contribution in [3.05, 3.63) is 72.3 Å². The van der Waals surface area contributed by atoms with Crippen molar-refractivity contribution in [2.24, 2.45) is 5.92 Å². The average molecular weight is 796 g/mol. The third-order valence-electron chi connectivity index (χ3n) is 7.29. The first-order valence-corrected chi connectivity index (χ1v) is 20.5. The van der Waals surface area contributed by atoms with Crippen molar-refractivity contribution < 1.29 is 40.3 Å². The number of nitrogens with two attached hydrogens (primary N) is 2. The Kier molecular flexibility index (Phi) is 26.8. The van der Waals surface area contributed by atoms with Gasteiger partial charge in [0.25, 0.3) is 20.2 Å². The lowest BCUT2D eigenvalue weighted by molar-refractivity contribution is -0.129. The third kappa shape index (κ3) is 24.7. The zero-order chi connectivity index (χ0) is 41.9. The summed E-state index contributed by atoms with van der Waals surface area (Å²) in [5.41, 5.74) is 19.0. The largest absolute Gasteiger partial charge is 0.399 e. The number of amides is 1. The Balaban J connectivity index is 0. The molecule has 16 heteroatoms. The van der Waals surface area contributed by atoms with E-state index in [-0.39, 0.29) is 22.4 Å². The van der Waals surface area contributed by atoms with E-state index in [1.54, 1.807) is 14.1 Å². The van der Waals surface area contributed by atoms with Crippen LogP contribution in [0.1, 0.15) is 91.5 Å². The minimum Gasteiger partial charge on any atom is -0.399 e. The molecule has 0 heterocycles. The van der Waals surface area contributed by atoms with Gasteiger partial charge in [-0.25, -0.2) is 0 Å². The lowest BCUT2D eigenvalue weighted by Crippen LogP contribution is -2.21. The maximum absolute atomic E-state index is 11.2. The van der Waals surface area contributed by atoms with Gasteiger partial charge in [-0.15, -0.1) is 0 Å². The van der Waals surface area contributed by atoms with Gasteiger partial charge in [-0.05, 0) is 74.4 Å². The Labute approximate surface area is 322 Å². The zero-order valence-electron chi connectivity index (χ0n) is 32.8. The minimum atomic E-state index is -4.45. The van der Waals surface area contributed by atoms with Crippen molar-refractivity contribution in [3.63, 3.8) is 0 Å². The van der Waals surface area contributed by atoms with Crippen LogP contribution < -0.4 is 22.3 Å². The molecular weight excluding hydrogens is 735 g/mol. The standard InChI is InChI=1S/C12H13N3O6S2.C9H18O.C7H9N.C6H11NO2.C4H10/c13-11-6-3-9(7-12(11)23(19,20)21)15-14-8-1-4-10(5-2-8)22(16,17)18;1-4-6-7-9(10)8(3)5-2;1-6-2-4-7(8)5-3-6;1-7(2)6(9)4-3-5-8;1-3-4-2/h1-7,14-15H,13H2,(H,16,17,18)(H,19,20,21);8H,4-7H2,1-3H3;2-5H,8H2,1H3;5H,3-4H2,1-2H3;3-4H2,1-2H3. The van der Waals surface area contributed by atoms with E-state index in [1.807, 2.05) is 38.1 Å². The van der Waals surface area contributed by atoms with E-state index in [0.29, 0.717) is 30.0 Å². The number of hydrogen-bond donors (Lipinski definition) is 6. The quantitative estimate of drug-likeness (QED) is 0.0403. The third-order valence-corrected chi connectivity index (χ3v) is 9.06. The number of ketones is 1. The summed E-state index contributed by atoms with van der Waals surface area (Å²) in [5, 5.41) is 0. The van der Waals surface area contributed by atoms with E-state index in [2.05, 4.69) is 38.5 Å². The molecule has 3 rings (SSSR count). The molecular formula is C38H61N5O9S2. The molecule has 0 saturated carbocycles. The number of hydrazine groups is 1. The van der Waals surface area contributed by atoms with E-state index in [1.165, 1.54) is 59.7 Å². The topological polar surface area (TPSA) is 239 Å². The Hall–Kier alpha value is -4.51. The molecule has 0 fully saturated rings. The molecule has 1 amide bonds. The molecule has 0 aliphatic rings.